The van der Waals surface area contributed by atoms with Crippen molar-refractivity contribution in [3.8, 4) is 0 Å². The molecule has 2 aliphatic heterocycles. The summed E-state index contributed by atoms with van der Waals surface area (Å²) in [5.74, 6) is -3.44. The van der Waals surface area contributed by atoms with Gasteiger partial charge in [0.25, 0.3) is 11.8 Å². The van der Waals surface area contributed by atoms with Crippen molar-refractivity contribution < 1.29 is 33.1 Å². The van der Waals surface area contributed by atoms with Crippen LogP contribution in [0, 0.1) is 11.2 Å². The Morgan fingerprint density at radius 2 is 1.58 bits per heavy atom. The Morgan fingerprint density at radius 3 is 2.25 bits per heavy atom. The van der Waals surface area contributed by atoms with E-state index in [9.17, 15) is 24.0 Å². The number of urea groups is 1. The number of carbonyl (C=O) groups is 5. The van der Waals surface area contributed by atoms with Gasteiger partial charge in [0.1, 0.15) is 18.0 Å². The summed E-state index contributed by atoms with van der Waals surface area (Å²) in [4.78, 5) is 72.2. The fraction of sp³-hybridized carbons (Fsp3) is 0.361. The molecule has 2 heterocycles. The molecule has 5 amide bonds. The number of rotatable bonds is 6. The van der Waals surface area contributed by atoms with Crippen molar-refractivity contribution in [3.63, 3.8) is 0 Å². The maximum atomic E-state index is 15.3. The summed E-state index contributed by atoms with van der Waals surface area (Å²) in [5.41, 5.74) is -0.228. The predicted molar refractivity (Wildman–Crippen MR) is 179 cm³/mol. The summed E-state index contributed by atoms with van der Waals surface area (Å²) in [6.45, 7) is 9.97. The molecule has 0 radical (unpaired) electrons. The minimum Gasteiger partial charge on any atom is -0.456 e. The van der Waals surface area contributed by atoms with Crippen LogP contribution in [0.25, 0.3) is 0 Å². The number of benzene rings is 3. The molecule has 5 rings (SSSR count). The lowest BCUT2D eigenvalue weighted by Gasteiger charge is -2.39. The molecule has 0 spiro atoms. The normalized spacial score (nSPS) is 17.7. The highest BCUT2D eigenvalue weighted by Gasteiger charge is 2.44. The molecule has 1 fully saturated rings. The van der Waals surface area contributed by atoms with Gasteiger partial charge in [0.2, 0.25) is 5.91 Å². The van der Waals surface area contributed by atoms with E-state index in [0.29, 0.717) is 13.1 Å². The Hall–Kier alpha value is -5.26. The van der Waals surface area contributed by atoms with Gasteiger partial charge in [-0.15, -0.1) is 0 Å². The molecule has 252 valence electrons. The minimum absolute atomic E-state index is 0.102. The molecule has 0 saturated carbocycles. The van der Waals surface area contributed by atoms with Crippen molar-refractivity contribution in [2.45, 2.75) is 59.1 Å². The first-order valence-corrected chi connectivity index (χ1v) is 15.8. The van der Waals surface area contributed by atoms with E-state index in [0.717, 1.165) is 17.7 Å². The number of para-hydroxylation sites is 3. The first kappa shape index (κ1) is 34.1. The molecule has 0 aliphatic carbocycles. The molecule has 2 aliphatic rings. The van der Waals surface area contributed by atoms with E-state index in [1.54, 1.807) is 62.1 Å². The van der Waals surface area contributed by atoms with Gasteiger partial charge >= 0.3 is 12.0 Å². The molecule has 3 aromatic rings. The zero-order valence-electron chi connectivity index (χ0n) is 27.7. The second kappa shape index (κ2) is 13.5. The van der Waals surface area contributed by atoms with E-state index in [4.69, 9.17) is 4.74 Å². The highest BCUT2D eigenvalue weighted by atomic mass is 19.1. The lowest BCUT2D eigenvalue weighted by atomic mass is 9.84. The Balaban J connectivity index is 1.48. The monoisotopic (exact) mass is 657 g/mol. The van der Waals surface area contributed by atoms with Crippen LogP contribution in [0.2, 0.25) is 0 Å². The van der Waals surface area contributed by atoms with E-state index in [1.807, 2.05) is 0 Å². The number of likely N-dealkylation sites (tertiary alicyclic amines) is 1. The van der Waals surface area contributed by atoms with Crippen molar-refractivity contribution in [2.24, 2.45) is 5.41 Å². The number of piperidine rings is 1. The summed E-state index contributed by atoms with van der Waals surface area (Å²) >= 11 is 0. The van der Waals surface area contributed by atoms with Gasteiger partial charge < -0.3 is 20.3 Å². The number of nitrogens with zero attached hydrogens (tertiary/aromatic N) is 3. The van der Waals surface area contributed by atoms with Crippen LogP contribution in [-0.4, -0.2) is 65.9 Å². The number of esters is 1. The number of fused-ring (bicyclic) bond motifs is 1. The average Bonchev–Trinajstić information content (AvgIpc) is 3.09. The standard InChI is InChI=1S/C36H40FN5O6/c1-35(2,3)48-33(46)23-12-10-13-24(20-23)38-34(47)39-30-31(44)41(21-29(43)40-19-11-18-36(4,5)22-40)27-16-8-9-17-28(27)42(32(30)45)26-15-7-6-14-25(26)37/h6-10,12-17,20,30H,11,18-19,21-22H2,1-5H3,(H2,38,39,47). The van der Waals surface area contributed by atoms with Crippen LogP contribution in [0.15, 0.2) is 72.8 Å². The quantitative estimate of drug-likeness (QED) is 0.261. The second-order valence-corrected chi connectivity index (χ2v) is 13.7. The van der Waals surface area contributed by atoms with Crippen molar-refractivity contribution >= 4 is 52.5 Å². The fourth-order valence-corrected chi connectivity index (χ4v) is 5.91. The molecule has 0 bridgehead atoms. The summed E-state index contributed by atoms with van der Waals surface area (Å²) < 4.78 is 20.7. The molecular weight excluding hydrogens is 617 g/mol. The highest BCUT2D eigenvalue weighted by Crippen LogP contribution is 2.39. The number of hydrogen-bond donors (Lipinski definition) is 2. The molecule has 3 aromatic carbocycles. The molecule has 48 heavy (non-hydrogen) atoms. The largest absolute Gasteiger partial charge is 0.456 e. The van der Waals surface area contributed by atoms with E-state index in [-0.39, 0.29) is 39.6 Å². The molecule has 11 nitrogen and oxygen atoms in total. The first-order valence-electron chi connectivity index (χ1n) is 15.8. The van der Waals surface area contributed by atoms with Crippen molar-refractivity contribution in [1.82, 2.24) is 10.2 Å². The third-order valence-electron chi connectivity index (χ3n) is 8.06. The van der Waals surface area contributed by atoms with Crippen LogP contribution in [0.1, 0.15) is 57.8 Å². The maximum Gasteiger partial charge on any atom is 0.338 e. The summed E-state index contributed by atoms with van der Waals surface area (Å²) in [6, 6.07) is 15.2. The summed E-state index contributed by atoms with van der Waals surface area (Å²) in [7, 11) is 0. The van der Waals surface area contributed by atoms with Crippen molar-refractivity contribution in [3.05, 3.63) is 84.2 Å². The lowest BCUT2D eigenvalue weighted by molar-refractivity contribution is -0.135. The van der Waals surface area contributed by atoms with Crippen LogP contribution < -0.4 is 20.4 Å². The van der Waals surface area contributed by atoms with Gasteiger partial charge in [-0.25, -0.2) is 14.0 Å². The van der Waals surface area contributed by atoms with Gasteiger partial charge in [0.15, 0.2) is 6.04 Å². The molecule has 1 saturated heterocycles. The van der Waals surface area contributed by atoms with Crippen LogP contribution >= 0.6 is 0 Å². The first-order chi connectivity index (χ1) is 22.6. The topological polar surface area (TPSA) is 128 Å². The third-order valence-corrected chi connectivity index (χ3v) is 8.06. The molecular formula is C36H40FN5O6. The van der Waals surface area contributed by atoms with E-state index >= 15 is 4.39 Å². The zero-order chi connectivity index (χ0) is 34.8. The number of ether oxygens (including phenoxy) is 1. The summed E-state index contributed by atoms with van der Waals surface area (Å²) in [5, 5.41) is 5.01. The Labute approximate surface area is 279 Å². The number of anilines is 4. The van der Waals surface area contributed by atoms with Crippen LogP contribution in [0.4, 0.5) is 31.9 Å². The Morgan fingerprint density at radius 1 is 0.917 bits per heavy atom. The van der Waals surface area contributed by atoms with Gasteiger partial charge in [0, 0.05) is 18.8 Å². The zero-order valence-corrected chi connectivity index (χ0v) is 27.7. The third kappa shape index (κ3) is 7.64. The smallest absolute Gasteiger partial charge is 0.338 e. The lowest BCUT2D eigenvalue weighted by Crippen LogP contribution is -2.57. The van der Waals surface area contributed by atoms with Gasteiger partial charge in [-0.05, 0) is 81.5 Å². The number of amides is 5. The van der Waals surface area contributed by atoms with Gasteiger partial charge in [-0.2, -0.15) is 0 Å². The summed E-state index contributed by atoms with van der Waals surface area (Å²) in [6.07, 6.45) is 1.76. The highest BCUT2D eigenvalue weighted by molar-refractivity contribution is 6.24. The fourth-order valence-electron chi connectivity index (χ4n) is 5.91. The van der Waals surface area contributed by atoms with Crippen LogP contribution in [0.5, 0.6) is 0 Å². The van der Waals surface area contributed by atoms with Gasteiger partial charge in [0.05, 0.1) is 22.6 Å². The molecule has 2 N–H and O–H groups in total. The number of carbonyl (C=O) groups excluding carboxylic acids is 5. The van der Waals surface area contributed by atoms with Crippen molar-refractivity contribution in [1.29, 1.82) is 0 Å². The Kier molecular flexibility index (Phi) is 9.56. The maximum absolute atomic E-state index is 15.3. The predicted octanol–water partition coefficient (Wildman–Crippen LogP) is 5.63. The van der Waals surface area contributed by atoms with E-state index in [2.05, 4.69) is 24.5 Å². The van der Waals surface area contributed by atoms with Crippen molar-refractivity contribution in [2.75, 3.05) is 34.8 Å². The number of nitrogens with one attached hydrogen (secondary N) is 2. The molecule has 12 heteroatoms. The van der Waals surface area contributed by atoms with E-state index < -0.39 is 47.8 Å². The van der Waals surface area contributed by atoms with Crippen LogP contribution in [-0.2, 0) is 19.1 Å². The van der Waals surface area contributed by atoms with Gasteiger partial charge in [-0.3, -0.25) is 24.2 Å². The molecule has 1 atom stereocenters. The van der Waals surface area contributed by atoms with Crippen LogP contribution in [0.3, 0.4) is 0 Å². The van der Waals surface area contributed by atoms with Gasteiger partial charge in [-0.1, -0.05) is 44.2 Å². The second-order valence-electron chi connectivity index (χ2n) is 13.7. The number of hydrogen-bond acceptors (Lipinski definition) is 6. The molecule has 1 unspecified atom stereocenters. The number of halogens is 1. The minimum atomic E-state index is -1.85. The average molecular weight is 658 g/mol. The Bertz CT molecular complexity index is 1750. The van der Waals surface area contributed by atoms with E-state index in [1.165, 1.54) is 41.3 Å². The SMILES string of the molecule is CC1(C)CCCN(C(=O)CN2C(=O)C(NC(=O)Nc3cccc(C(=O)OC(C)(C)C)c3)C(=O)N(c3ccccc3F)c3ccccc32)C1. The molecule has 0 aromatic heterocycles.